The normalized spacial score (nSPS) is 31.1. The minimum absolute atomic E-state index is 0.209. The second kappa shape index (κ2) is 7.24. The lowest BCUT2D eigenvalue weighted by molar-refractivity contribution is -0.232. The molecular formula is C14H17N3O5. The van der Waals surface area contributed by atoms with Gasteiger partial charge in [0.05, 0.1) is 17.7 Å². The molecule has 3 unspecified atom stereocenters. The zero-order valence-corrected chi connectivity index (χ0v) is 11.9. The molecule has 5 atom stereocenters. The minimum atomic E-state index is -1.35. The van der Waals surface area contributed by atoms with Crippen LogP contribution in [-0.2, 0) is 9.47 Å². The number of carbonyl (C=O) groups is 1. The predicted octanol–water partition coefficient (Wildman–Crippen LogP) is 1.24. The highest BCUT2D eigenvalue weighted by atomic mass is 16.6. The second-order valence-electron chi connectivity index (χ2n) is 5.07. The van der Waals surface area contributed by atoms with Crippen molar-refractivity contribution in [1.82, 2.24) is 0 Å². The van der Waals surface area contributed by atoms with E-state index < -0.39 is 36.4 Å². The fraction of sp³-hybridized carbons (Fsp3) is 0.500. The summed E-state index contributed by atoms with van der Waals surface area (Å²) in [5.74, 6) is -1.07. The third-order valence-corrected chi connectivity index (χ3v) is 3.64. The van der Waals surface area contributed by atoms with E-state index in [2.05, 4.69) is 10.0 Å². The Labute approximate surface area is 126 Å². The molecule has 0 spiro atoms. The van der Waals surface area contributed by atoms with Gasteiger partial charge in [-0.2, -0.15) is 0 Å². The summed E-state index contributed by atoms with van der Waals surface area (Å²) in [5, 5.41) is 23.3. The van der Waals surface area contributed by atoms with Crippen molar-refractivity contribution in [2.45, 2.75) is 31.5 Å². The summed E-state index contributed by atoms with van der Waals surface area (Å²) in [6.07, 6.45) is -3.26. The van der Waals surface area contributed by atoms with Crippen LogP contribution in [0.2, 0.25) is 0 Å². The average molecular weight is 307 g/mol. The van der Waals surface area contributed by atoms with E-state index in [-0.39, 0.29) is 6.61 Å². The molecule has 1 aliphatic rings. The lowest BCUT2D eigenvalue weighted by atomic mass is 9.89. The van der Waals surface area contributed by atoms with Crippen molar-refractivity contribution in [3.8, 4) is 0 Å². The first-order valence-corrected chi connectivity index (χ1v) is 6.82. The molecule has 0 bridgehead atoms. The van der Waals surface area contributed by atoms with Crippen molar-refractivity contribution >= 4 is 5.97 Å². The quantitative estimate of drug-likeness (QED) is 0.374. The first kappa shape index (κ1) is 16.3. The molecule has 0 aliphatic carbocycles. The Kier molecular flexibility index (Phi) is 5.35. The van der Waals surface area contributed by atoms with Crippen LogP contribution in [0.15, 0.2) is 35.4 Å². The van der Waals surface area contributed by atoms with Crippen molar-refractivity contribution in [2.75, 3.05) is 6.61 Å². The topological polar surface area (TPSA) is 125 Å². The van der Waals surface area contributed by atoms with Gasteiger partial charge in [-0.15, -0.1) is 0 Å². The Balaban J connectivity index is 1.96. The molecule has 8 nitrogen and oxygen atoms in total. The maximum absolute atomic E-state index is 11.8. The van der Waals surface area contributed by atoms with Crippen LogP contribution in [0.25, 0.3) is 10.4 Å². The third kappa shape index (κ3) is 3.55. The summed E-state index contributed by atoms with van der Waals surface area (Å²) in [4.78, 5) is 14.5. The summed E-state index contributed by atoms with van der Waals surface area (Å²) in [6.45, 7) is 1.42. The highest BCUT2D eigenvalue weighted by Gasteiger charge is 2.42. The van der Waals surface area contributed by atoms with E-state index in [9.17, 15) is 15.0 Å². The molecule has 2 N–H and O–H groups in total. The average Bonchev–Trinajstić information content (AvgIpc) is 2.54. The molecule has 118 valence electrons. The number of nitrogens with zero attached hydrogens (tertiary/aromatic N) is 3. The van der Waals surface area contributed by atoms with Gasteiger partial charge in [0.25, 0.3) is 0 Å². The standard InChI is InChI=1S/C14H17N3O5/c1-8-11(16-17-15)14(20)22-10(12(8)18)7-21-13(19)9-5-3-2-4-6-9/h2-6,8,10-12,14,18,20H,7H2,1H3/t8-,10?,11?,12+,14?/m1/s1. The van der Waals surface area contributed by atoms with Gasteiger partial charge in [-0.1, -0.05) is 30.2 Å². The van der Waals surface area contributed by atoms with Gasteiger partial charge in [-0.25, -0.2) is 4.79 Å². The van der Waals surface area contributed by atoms with Gasteiger partial charge < -0.3 is 19.7 Å². The number of carbonyl (C=O) groups excluding carboxylic acids is 1. The molecule has 0 amide bonds. The number of rotatable bonds is 4. The van der Waals surface area contributed by atoms with Crippen molar-refractivity contribution in [3.05, 3.63) is 46.3 Å². The van der Waals surface area contributed by atoms with Gasteiger partial charge in [0, 0.05) is 4.91 Å². The summed E-state index contributed by atoms with van der Waals surface area (Å²) >= 11 is 0. The highest BCUT2D eigenvalue weighted by Crippen LogP contribution is 2.27. The SMILES string of the molecule is C[C@@H]1C(N=[N+]=[N-])C(O)OC(COC(=O)c2ccccc2)[C@H]1O. The van der Waals surface area contributed by atoms with Crippen LogP contribution in [0.1, 0.15) is 17.3 Å². The number of benzene rings is 1. The molecule has 22 heavy (non-hydrogen) atoms. The van der Waals surface area contributed by atoms with E-state index in [4.69, 9.17) is 15.0 Å². The second-order valence-corrected chi connectivity index (χ2v) is 5.07. The minimum Gasteiger partial charge on any atom is -0.459 e. The van der Waals surface area contributed by atoms with Crippen molar-refractivity contribution < 1.29 is 24.5 Å². The number of azide groups is 1. The lowest BCUT2D eigenvalue weighted by Crippen LogP contribution is -2.53. The van der Waals surface area contributed by atoms with Gasteiger partial charge in [-0.3, -0.25) is 0 Å². The fourth-order valence-electron chi connectivity index (χ4n) is 2.32. The first-order valence-electron chi connectivity index (χ1n) is 6.82. The lowest BCUT2D eigenvalue weighted by Gasteiger charge is -2.39. The van der Waals surface area contributed by atoms with Crippen LogP contribution in [0, 0.1) is 5.92 Å². The number of aliphatic hydroxyl groups excluding tert-OH is 2. The molecule has 1 heterocycles. The maximum atomic E-state index is 11.8. The van der Waals surface area contributed by atoms with E-state index in [1.165, 1.54) is 0 Å². The van der Waals surface area contributed by atoms with Crippen molar-refractivity contribution in [2.24, 2.45) is 11.0 Å². The molecule has 0 saturated carbocycles. The van der Waals surface area contributed by atoms with Crippen molar-refractivity contribution in [1.29, 1.82) is 0 Å². The molecule has 0 aromatic heterocycles. The Hall–Kier alpha value is -2.12. The fourth-order valence-corrected chi connectivity index (χ4v) is 2.32. The zero-order valence-electron chi connectivity index (χ0n) is 11.9. The van der Waals surface area contributed by atoms with E-state index in [0.717, 1.165) is 0 Å². The Morgan fingerprint density at radius 1 is 1.41 bits per heavy atom. The summed E-state index contributed by atoms with van der Waals surface area (Å²) in [7, 11) is 0. The monoisotopic (exact) mass is 307 g/mol. The molecule has 1 aromatic rings. The van der Waals surface area contributed by atoms with Crippen LogP contribution in [-0.4, -0.2) is 47.3 Å². The van der Waals surface area contributed by atoms with E-state index >= 15 is 0 Å². The van der Waals surface area contributed by atoms with Crippen LogP contribution < -0.4 is 0 Å². The summed E-state index contributed by atoms with van der Waals surface area (Å²) in [6, 6.07) is 7.52. The maximum Gasteiger partial charge on any atom is 0.338 e. The Bertz CT molecular complexity index is 561. The molecular weight excluding hydrogens is 290 g/mol. The van der Waals surface area contributed by atoms with Gasteiger partial charge in [-0.05, 0) is 23.6 Å². The van der Waals surface area contributed by atoms with Crippen LogP contribution in [0.5, 0.6) is 0 Å². The van der Waals surface area contributed by atoms with Crippen LogP contribution >= 0.6 is 0 Å². The van der Waals surface area contributed by atoms with Crippen molar-refractivity contribution in [3.63, 3.8) is 0 Å². The number of hydrogen-bond donors (Lipinski definition) is 2. The van der Waals surface area contributed by atoms with Gasteiger partial charge in [0.1, 0.15) is 12.7 Å². The van der Waals surface area contributed by atoms with Crippen LogP contribution in [0.3, 0.4) is 0 Å². The summed E-state index contributed by atoms with van der Waals surface area (Å²) < 4.78 is 10.3. The van der Waals surface area contributed by atoms with Gasteiger partial charge in [0.2, 0.25) is 0 Å². The smallest absolute Gasteiger partial charge is 0.338 e. The van der Waals surface area contributed by atoms with Gasteiger partial charge >= 0.3 is 5.97 Å². The largest absolute Gasteiger partial charge is 0.459 e. The third-order valence-electron chi connectivity index (χ3n) is 3.64. The summed E-state index contributed by atoms with van der Waals surface area (Å²) in [5.41, 5.74) is 8.83. The van der Waals surface area contributed by atoms with E-state index in [1.807, 2.05) is 0 Å². The number of esters is 1. The van der Waals surface area contributed by atoms with Crippen LogP contribution in [0.4, 0.5) is 0 Å². The molecule has 1 saturated heterocycles. The Morgan fingerprint density at radius 2 is 2.09 bits per heavy atom. The molecule has 8 heteroatoms. The predicted molar refractivity (Wildman–Crippen MR) is 75.7 cm³/mol. The molecule has 1 fully saturated rings. The number of ether oxygens (including phenoxy) is 2. The molecule has 2 rings (SSSR count). The Morgan fingerprint density at radius 3 is 2.73 bits per heavy atom. The van der Waals surface area contributed by atoms with E-state index in [1.54, 1.807) is 37.3 Å². The number of aliphatic hydroxyl groups is 2. The zero-order chi connectivity index (χ0) is 16.1. The van der Waals surface area contributed by atoms with E-state index in [0.29, 0.717) is 5.56 Å². The van der Waals surface area contributed by atoms with Gasteiger partial charge in [0.15, 0.2) is 6.29 Å². The first-order chi connectivity index (χ1) is 10.5. The number of hydrogen-bond acceptors (Lipinski definition) is 6. The molecule has 1 aromatic carbocycles. The molecule has 0 radical (unpaired) electrons. The molecule has 1 aliphatic heterocycles. The highest BCUT2D eigenvalue weighted by molar-refractivity contribution is 5.89.